The zero-order valence-corrected chi connectivity index (χ0v) is 13.2. The lowest BCUT2D eigenvalue weighted by Gasteiger charge is -2.02. The summed E-state index contributed by atoms with van der Waals surface area (Å²) in [6.45, 7) is 2.41. The number of hydrogen-bond donors (Lipinski definition) is 2. The Balaban J connectivity index is 1.45. The Labute approximate surface area is 137 Å². The van der Waals surface area contributed by atoms with E-state index in [9.17, 15) is 4.79 Å². The smallest absolute Gasteiger partial charge is 0.291 e. The highest BCUT2D eigenvalue weighted by Crippen LogP contribution is 2.17. The lowest BCUT2D eigenvalue weighted by Crippen LogP contribution is -2.26. The van der Waals surface area contributed by atoms with Crippen LogP contribution in [0.25, 0.3) is 16.7 Å². The molecule has 0 fully saturated rings. The summed E-state index contributed by atoms with van der Waals surface area (Å²) in [4.78, 5) is 23.7. The first kappa shape index (κ1) is 14.4. The summed E-state index contributed by atoms with van der Waals surface area (Å²) in [6, 6.07) is 9.93. The molecule has 2 N–H and O–H groups in total. The molecule has 0 bridgehead atoms. The van der Waals surface area contributed by atoms with E-state index in [4.69, 9.17) is 0 Å². The van der Waals surface area contributed by atoms with Gasteiger partial charge in [-0.25, -0.2) is 9.50 Å². The number of aromatic nitrogens is 5. The van der Waals surface area contributed by atoms with Crippen molar-refractivity contribution in [2.24, 2.45) is 0 Å². The van der Waals surface area contributed by atoms with Crippen LogP contribution in [0, 0.1) is 6.92 Å². The largest absolute Gasteiger partial charge is 0.361 e. The summed E-state index contributed by atoms with van der Waals surface area (Å²) in [7, 11) is 0. The molecule has 120 valence electrons. The van der Waals surface area contributed by atoms with E-state index in [-0.39, 0.29) is 11.7 Å². The average Bonchev–Trinajstić information content (AvgIpc) is 3.20. The van der Waals surface area contributed by atoms with Crippen molar-refractivity contribution in [3.8, 4) is 0 Å². The molecule has 1 amide bonds. The monoisotopic (exact) mass is 320 g/mol. The fraction of sp³-hybridized carbons (Fsp3) is 0.176. The highest BCUT2D eigenvalue weighted by atomic mass is 16.2. The van der Waals surface area contributed by atoms with Crippen LogP contribution in [0.5, 0.6) is 0 Å². The van der Waals surface area contributed by atoms with Gasteiger partial charge in [0.2, 0.25) is 5.82 Å². The second-order valence-corrected chi connectivity index (χ2v) is 5.60. The number of para-hydroxylation sites is 1. The number of benzene rings is 1. The average molecular weight is 320 g/mol. The van der Waals surface area contributed by atoms with Gasteiger partial charge in [0.25, 0.3) is 11.7 Å². The van der Waals surface area contributed by atoms with Crippen LogP contribution in [0.15, 0.2) is 42.7 Å². The topological polar surface area (TPSA) is 88.0 Å². The number of nitrogens with one attached hydrogen (secondary N) is 2. The summed E-state index contributed by atoms with van der Waals surface area (Å²) in [5.41, 5.74) is 3.15. The highest BCUT2D eigenvalue weighted by molar-refractivity contribution is 5.90. The van der Waals surface area contributed by atoms with Gasteiger partial charge in [-0.15, -0.1) is 5.10 Å². The Kier molecular flexibility index (Phi) is 3.45. The molecule has 0 atom stereocenters. The number of carbonyl (C=O) groups is 1. The lowest BCUT2D eigenvalue weighted by atomic mass is 10.1. The van der Waals surface area contributed by atoms with Gasteiger partial charge in [-0.1, -0.05) is 18.2 Å². The van der Waals surface area contributed by atoms with Crippen molar-refractivity contribution in [1.82, 2.24) is 29.9 Å². The molecule has 7 nitrogen and oxygen atoms in total. The lowest BCUT2D eigenvalue weighted by molar-refractivity contribution is 0.0944. The molecule has 0 aliphatic heterocycles. The Morgan fingerprint density at radius 3 is 3.04 bits per heavy atom. The van der Waals surface area contributed by atoms with E-state index in [1.807, 2.05) is 37.4 Å². The van der Waals surface area contributed by atoms with Crippen LogP contribution in [0.3, 0.4) is 0 Å². The summed E-state index contributed by atoms with van der Waals surface area (Å²) in [6.07, 6.45) is 4.37. The minimum atomic E-state index is -0.292. The molecule has 4 aromatic rings. The minimum absolute atomic E-state index is 0.135. The van der Waals surface area contributed by atoms with E-state index in [0.29, 0.717) is 12.3 Å². The summed E-state index contributed by atoms with van der Waals surface area (Å²) >= 11 is 0. The van der Waals surface area contributed by atoms with Gasteiger partial charge in [-0.05, 0) is 31.0 Å². The van der Waals surface area contributed by atoms with Crippen molar-refractivity contribution in [2.45, 2.75) is 13.3 Å². The van der Waals surface area contributed by atoms with Gasteiger partial charge < -0.3 is 10.3 Å². The molecule has 4 rings (SSSR count). The van der Waals surface area contributed by atoms with Crippen molar-refractivity contribution in [2.75, 3.05) is 6.54 Å². The maximum Gasteiger partial charge on any atom is 0.291 e. The number of aryl methyl sites for hydroxylation is 1. The van der Waals surface area contributed by atoms with Gasteiger partial charge >= 0.3 is 0 Å². The second kappa shape index (κ2) is 5.77. The Morgan fingerprint density at radius 2 is 2.17 bits per heavy atom. The first-order valence-corrected chi connectivity index (χ1v) is 7.74. The summed E-state index contributed by atoms with van der Waals surface area (Å²) in [5.74, 6) is 0.271. The zero-order chi connectivity index (χ0) is 16.5. The fourth-order valence-electron chi connectivity index (χ4n) is 2.73. The molecule has 24 heavy (non-hydrogen) atoms. The minimum Gasteiger partial charge on any atom is -0.361 e. The standard InChI is InChI=1S/C17H16N6O/c1-11-6-8-19-17-21-15(22-23(11)17)16(24)18-9-7-12-10-20-14-5-3-2-4-13(12)14/h2-6,8,10,20H,7,9H2,1H3,(H,18,24). The predicted octanol–water partition coefficient (Wildman–Crippen LogP) is 1.89. The number of hydrogen-bond acceptors (Lipinski definition) is 4. The molecule has 0 radical (unpaired) electrons. The van der Waals surface area contributed by atoms with Gasteiger partial charge in [0, 0.05) is 35.5 Å². The SMILES string of the molecule is Cc1ccnc2nc(C(=O)NCCc3c[nH]c4ccccc34)nn12. The molecule has 0 spiro atoms. The van der Waals surface area contributed by atoms with Gasteiger partial charge in [-0.3, -0.25) is 4.79 Å². The third kappa shape index (κ3) is 2.50. The number of fused-ring (bicyclic) bond motifs is 2. The predicted molar refractivity (Wildman–Crippen MR) is 89.9 cm³/mol. The Morgan fingerprint density at radius 1 is 1.29 bits per heavy atom. The molecule has 0 saturated carbocycles. The molecule has 3 heterocycles. The van der Waals surface area contributed by atoms with Crippen LogP contribution in [0.1, 0.15) is 21.9 Å². The normalized spacial score (nSPS) is 11.2. The van der Waals surface area contributed by atoms with Gasteiger partial charge in [-0.2, -0.15) is 4.98 Å². The van der Waals surface area contributed by atoms with Crippen LogP contribution in [0.2, 0.25) is 0 Å². The third-order valence-electron chi connectivity index (χ3n) is 3.99. The van der Waals surface area contributed by atoms with E-state index in [1.165, 1.54) is 10.9 Å². The molecular weight excluding hydrogens is 304 g/mol. The zero-order valence-electron chi connectivity index (χ0n) is 13.2. The van der Waals surface area contributed by atoms with Crippen molar-refractivity contribution in [1.29, 1.82) is 0 Å². The summed E-state index contributed by atoms with van der Waals surface area (Å²) in [5, 5.41) is 8.24. The van der Waals surface area contributed by atoms with Crippen molar-refractivity contribution >= 4 is 22.6 Å². The molecular formula is C17H16N6O. The van der Waals surface area contributed by atoms with E-state index in [2.05, 4.69) is 31.4 Å². The fourth-order valence-corrected chi connectivity index (χ4v) is 2.73. The van der Waals surface area contributed by atoms with E-state index in [0.717, 1.165) is 17.6 Å². The number of aromatic amines is 1. The number of carbonyl (C=O) groups excluding carboxylic acids is 1. The molecule has 0 saturated heterocycles. The Bertz CT molecular complexity index is 1030. The van der Waals surface area contributed by atoms with Gasteiger partial charge in [0.15, 0.2) is 0 Å². The van der Waals surface area contributed by atoms with Crippen LogP contribution >= 0.6 is 0 Å². The number of amides is 1. The van der Waals surface area contributed by atoms with E-state index < -0.39 is 0 Å². The quantitative estimate of drug-likeness (QED) is 0.601. The van der Waals surface area contributed by atoms with E-state index in [1.54, 1.807) is 10.7 Å². The maximum absolute atomic E-state index is 12.2. The maximum atomic E-state index is 12.2. The number of H-pyrrole nitrogens is 1. The van der Waals surface area contributed by atoms with Crippen LogP contribution < -0.4 is 5.32 Å². The molecule has 0 aliphatic rings. The van der Waals surface area contributed by atoms with Crippen molar-refractivity contribution in [3.05, 3.63) is 59.8 Å². The Hall–Kier alpha value is -3.22. The summed E-state index contributed by atoms with van der Waals surface area (Å²) < 4.78 is 1.56. The number of rotatable bonds is 4. The first-order valence-electron chi connectivity index (χ1n) is 7.74. The van der Waals surface area contributed by atoms with E-state index >= 15 is 0 Å². The molecule has 0 aliphatic carbocycles. The molecule has 3 aromatic heterocycles. The van der Waals surface area contributed by atoms with Crippen LogP contribution in [-0.2, 0) is 6.42 Å². The van der Waals surface area contributed by atoms with Crippen LogP contribution in [-0.4, -0.2) is 37.0 Å². The molecule has 0 unspecified atom stereocenters. The second-order valence-electron chi connectivity index (χ2n) is 5.60. The number of nitrogens with zero attached hydrogens (tertiary/aromatic N) is 4. The van der Waals surface area contributed by atoms with Crippen molar-refractivity contribution in [3.63, 3.8) is 0 Å². The first-order chi connectivity index (χ1) is 11.7. The molecule has 7 heteroatoms. The van der Waals surface area contributed by atoms with Gasteiger partial charge in [0.05, 0.1) is 0 Å². The van der Waals surface area contributed by atoms with Crippen molar-refractivity contribution < 1.29 is 4.79 Å². The molecule has 1 aromatic carbocycles. The van der Waals surface area contributed by atoms with Gasteiger partial charge in [0.1, 0.15) is 0 Å². The highest BCUT2D eigenvalue weighted by Gasteiger charge is 2.14. The van der Waals surface area contributed by atoms with Crippen LogP contribution in [0.4, 0.5) is 0 Å². The third-order valence-corrected chi connectivity index (χ3v) is 3.99.